The maximum atomic E-state index is 12.2. The van der Waals surface area contributed by atoms with Crippen LogP contribution in [-0.4, -0.2) is 35.5 Å². The fourth-order valence-corrected chi connectivity index (χ4v) is 2.60. The van der Waals surface area contributed by atoms with Crippen molar-refractivity contribution in [3.8, 4) is 11.8 Å². The lowest BCUT2D eigenvalue weighted by Gasteiger charge is -2.21. The van der Waals surface area contributed by atoms with Crippen molar-refractivity contribution in [3.05, 3.63) is 21.9 Å². The number of amides is 3. The summed E-state index contributed by atoms with van der Waals surface area (Å²) in [7, 11) is 0. The van der Waals surface area contributed by atoms with Crippen LogP contribution in [0.25, 0.3) is 0 Å². The first-order valence-electron chi connectivity index (χ1n) is 6.43. The zero-order chi connectivity index (χ0) is 15.2. The van der Waals surface area contributed by atoms with Crippen molar-refractivity contribution in [1.29, 1.82) is 0 Å². The molecular weight excluding hydrogens is 292 g/mol. The van der Waals surface area contributed by atoms with Crippen LogP contribution in [-0.2, 0) is 9.59 Å². The second-order valence-electron chi connectivity index (χ2n) is 4.42. The molecule has 0 bridgehead atoms. The number of nitrogens with one attached hydrogen (secondary N) is 2. The van der Waals surface area contributed by atoms with Crippen molar-refractivity contribution in [2.24, 2.45) is 0 Å². The van der Waals surface area contributed by atoms with Crippen LogP contribution in [0.4, 0.5) is 0 Å². The molecule has 1 fully saturated rings. The Kier molecular flexibility index (Phi) is 5.09. The molecule has 0 radical (unpaired) electrons. The first-order valence-corrected chi connectivity index (χ1v) is 7.31. The molecule has 2 heterocycles. The lowest BCUT2D eigenvalue weighted by molar-refractivity contribution is -0.134. The van der Waals surface area contributed by atoms with Crippen LogP contribution in [0.15, 0.2) is 11.4 Å². The van der Waals surface area contributed by atoms with Crippen LogP contribution >= 0.6 is 11.3 Å². The molecule has 0 spiro atoms. The molecule has 1 aromatic heterocycles. The second kappa shape index (κ2) is 7.02. The monoisotopic (exact) mass is 306 g/mol. The highest BCUT2D eigenvalue weighted by Gasteiger charge is 2.28. The molecule has 1 aromatic rings. The molecule has 1 aliphatic heterocycles. The maximum Gasteiger partial charge on any atom is 0.263 e. The zero-order valence-electron chi connectivity index (χ0n) is 11.1. The SMILES string of the molecule is O=C1CCC(NC(=O)c2sccc2C#CCCO)C(=O)N1. The van der Waals surface area contributed by atoms with Gasteiger partial charge < -0.3 is 10.4 Å². The number of hydrogen-bond acceptors (Lipinski definition) is 5. The van der Waals surface area contributed by atoms with E-state index in [9.17, 15) is 14.4 Å². The summed E-state index contributed by atoms with van der Waals surface area (Å²) in [6, 6.07) is 1.02. The Labute approximate surface area is 125 Å². The first kappa shape index (κ1) is 15.2. The summed E-state index contributed by atoms with van der Waals surface area (Å²) in [5, 5.41) is 15.2. The van der Waals surface area contributed by atoms with Gasteiger partial charge in [0.25, 0.3) is 5.91 Å². The second-order valence-corrected chi connectivity index (χ2v) is 5.33. The Hall–Kier alpha value is -2.17. The minimum atomic E-state index is -0.699. The van der Waals surface area contributed by atoms with Crippen molar-refractivity contribution in [3.63, 3.8) is 0 Å². The van der Waals surface area contributed by atoms with Crippen molar-refractivity contribution >= 4 is 29.1 Å². The number of carbonyl (C=O) groups is 3. The van der Waals surface area contributed by atoms with Crippen molar-refractivity contribution in [1.82, 2.24) is 10.6 Å². The smallest absolute Gasteiger partial charge is 0.263 e. The molecule has 2 rings (SSSR count). The number of aliphatic hydroxyl groups excluding tert-OH is 1. The molecule has 3 N–H and O–H groups in total. The number of thiophene rings is 1. The van der Waals surface area contributed by atoms with Gasteiger partial charge in [-0.05, 0) is 17.9 Å². The van der Waals surface area contributed by atoms with Gasteiger partial charge in [-0.15, -0.1) is 11.3 Å². The van der Waals surface area contributed by atoms with Gasteiger partial charge in [0.1, 0.15) is 10.9 Å². The van der Waals surface area contributed by atoms with E-state index in [0.717, 1.165) is 0 Å². The summed E-state index contributed by atoms with van der Waals surface area (Å²) in [5.74, 6) is 4.38. The third kappa shape index (κ3) is 3.90. The summed E-state index contributed by atoms with van der Waals surface area (Å²) < 4.78 is 0. The van der Waals surface area contributed by atoms with E-state index in [1.165, 1.54) is 11.3 Å². The summed E-state index contributed by atoms with van der Waals surface area (Å²) in [6.07, 6.45) is 0.849. The van der Waals surface area contributed by atoms with Gasteiger partial charge in [0.2, 0.25) is 11.8 Å². The van der Waals surface area contributed by atoms with Gasteiger partial charge in [0.15, 0.2) is 0 Å². The summed E-state index contributed by atoms with van der Waals surface area (Å²) in [4.78, 5) is 35.3. The van der Waals surface area contributed by atoms with Crippen LogP contribution < -0.4 is 10.6 Å². The van der Waals surface area contributed by atoms with Crippen LogP contribution in [0, 0.1) is 11.8 Å². The number of carbonyl (C=O) groups excluding carboxylic acids is 3. The molecule has 110 valence electrons. The van der Waals surface area contributed by atoms with E-state index in [1.807, 2.05) is 0 Å². The fourth-order valence-electron chi connectivity index (χ4n) is 1.85. The van der Waals surface area contributed by atoms with Gasteiger partial charge in [-0.25, -0.2) is 0 Å². The van der Waals surface area contributed by atoms with E-state index in [-0.39, 0.29) is 24.8 Å². The Morgan fingerprint density at radius 1 is 1.52 bits per heavy atom. The molecule has 1 unspecified atom stereocenters. The minimum absolute atomic E-state index is 0.0328. The topological polar surface area (TPSA) is 95.5 Å². The van der Waals surface area contributed by atoms with Gasteiger partial charge in [-0.2, -0.15) is 0 Å². The minimum Gasteiger partial charge on any atom is -0.395 e. The number of imide groups is 1. The van der Waals surface area contributed by atoms with Crippen molar-refractivity contribution in [2.75, 3.05) is 6.61 Å². The molecule has 21 heavy (non-hydrogen) atoms. The summed E-state index contributed by atoms with van der Waals surface area (Å²) in [6.45, 7) is -0.0328. The molecular formula is C14H14N2O4S. The van der Waals surface area contributed by atoms with E-state index in [0.29, 0.717) is 23.3 Å². The number of piperidine rings is 1. The van der Waals surface area contributed by atoms with E-state index in [4.69, 9.17) is 5.11 Å². The third-order valence-corrected chi connectivity index (χ3v) is 3.79. The lowest BCUT2D eigenvalue weighted by Crippen LogP contribution is -2.52. The van der Waals surface area contributed by atoms with Gasteiger partial charge in [-0.3, -0.25) is 19.7 Å². The molecule has 7 heteroatoms. The van der Waals surface area contributed by atoms with Gasteiger partial charge >= 0.3 is 0 Å². The van der Waals surface area contributed by atoms with E-state index in [1.54, 1.807) is 11.4 Å². The van der Waals surface area contributed by atoms with Gasteiger partial charge in [-0.1, -0.05) is 11.8 Å². The third-order valence-electron chi connectivity index (χ3n) is 2.88. The Morgan fingerprint density at radius 2 is 2.33 bits per heavy atom. The van der Waals surface area contributed by atoms with E-state index in [2.05, 4.69) is 22.5 Å². The standard InChI is InChI=1S/C14H14N2O4S/c17-7-2-1-3-9-6-8-21-12(9)14(20)15-10-4-5-11(18)16-13(10)19/h6,8,10,17H,2,4-5,7H2,(H,15,20)(H,16,18,19). The van der Waals surface area contributed by atoms with E-state index >= 15 is 0 Å². The largest absolute Gasteiger partial charge is 0.395 e. The van der Waals surface area contributed by atoms with Crippen LogP contribution in [0.1, 0.15) is 34.5 Å². The molecule has 1 saturated heterocycles. The molecule has 0 aromatic carbocycles. The Balaban J connectivity index is 2.04. The molecule has 6 nitrogen and oxygen atoms in total. The number of hydrogen-bond donors (Lipinski definition) is 3. The Bertz CT molecular complexity index is 626. The maximum absolute atomic E-state index is 12.2. The van der Waals surface area contributed by atoms with Crippen molar-refractivity contribution in [2.45, 2.75) is 25.3 Å². The lowest BCUT2D eigenvalue weighted by atomic mass is 10.1. The molecule has 0 saturated carbocycles. The predicted octanol–water partition coefficient (Wildman–Crippen LogP) is 0.0170. The highest BCUT2D eigenvalue weighted by atomic mass is 32.1. The molecule has 1 aliphatic rings. The number of aliphatic hydroxyl groups is 1. The van der Waals surface area contributed by atoms with Crippen LogP contribution in [0.3, 0.4) is 0 Å². The highest BCUT2D eigenvalue weighted by Crippen LogP contribution is 2.16. The quantitative estimate of drug-likeness (QED) is 0.542. The van der Waals surface area contributed by atoms with E-state index < -0.39 is 11.9 Å². The Morgan fingerprint density at radius 3 is 3.05 bits per heavy atom. The molecule has 1 atom stereocenters. The fraction of sp³-hybridized carbons (Fsp3) is 0.357. The average Bonchev–Trinajstić information content (AvgIpc) is 2.91. The van der Waals surface area contributed by atoms with Crippen LogP contribution in [0.2, 0.25) is 0 Å². The molecule has 0 aliphatic carbocycles. The average molecular weight is 306 g/mol. The first-order chi connectivity index (χ1) is 10.1. The summed E-state index contributed by atoms with van der Waals surface area (Å²) in [5.41, 5.74) is 0.568. The normalized spacial score (nSPS) is 17.7. The zero-order valence-corrected chi connectivity index (χ0v) is 12.0. The highest BCUT2D eigenvalue weighted by molar-refractivity contribution is 7.12. The van der Waals surface area contributed by atoms with Crippen molar-refractivity contribution < 1.29 is 19.5 Å². The predicted molar refractivity (Wildman–Crippen MR) is 76.5 cm³/mol. The van der Waals surface area contributed by atoms with Gasteiger partial charge in [0, 0.05) is 18.4 Å². The summed E-state index contributed by atoms with van der Waals surface area (Å²) >= 11 is 1.23. The molecule has 3 amide bonds. The number of rotatable bonds is 3. The van der Waals surface area contributed by atoms with Crippen LogP contribution in [0.5, 0.6) is 0 Å². The van der Waals surface area contributed by atoms with Gasteiger partial charge in [0.05, 0.1) is 6.61 Å².